The van der Waals surface area contributed by atoms with Crippen LogP contribution in [0.15, 0.2) is 90.4 Å². The number of carbonyl (C=O) groups is 2. The number of hydrogen-bond acceptors (Lipinski definition) is 4. The topological polar surface area (TPSA) is 52.7 Å². The predicted octanol–water partition coefficient (Wildman–Crippen LogP) is 4.61. The average Bonchev–Trinajstić information content (AvgIpc) is 2.97. The minimum absolute atomic E-state index is 0.0208. The molecular weight excluding hydrogens is 417 g/mol. The van der Waals surface area contributed by atoms with Crippen molar-refractivity contribution >= 4 is 17.4 Å². The van der Waals surface area contributed by atoms with Gasteiger partial charge in [0, 0.05) is 24.2 Å². The van der Waals surface area contributed by atoms with Gasteiger partial charge in [0.15, 0.2) is 5.78 Å². The fraction of sp³-hybridized carbons (Fsp3) is 0.259. The number of nitrogens with one attached hydrogen (secondary N) is 1. The third-order valence-corrected chi connectivity index (χ3v) is 6.43. The quantitative estimate of drug-likeness (QED) is 0.733. The van der Waals surface area contributed by atoms with E-state index in [0.29, 0.717) is 12.1 Å². The summed E-state index contributed by atoms with van der Waals surface area (Å²) in [6, 6.07) is 16.3. The summed E-state index contributed by atoms with van der Waals surface area (Å²) < 4.78 is 14.1. The normalized spacial score (nSPS) is 21.7. The Morgan fingerprint density at radius 1 is 1.03 bits per heavy atom. The van der Waals surface area contributed by atoms with E-state index < -0.39 is 5.82 Å². The lowest BCUT2D eigenvalue weighted by atomic mass is 9.95. The number of amides is 1. The predicted molar refractivity (Wildman–Crippen MR) is 125 cm³/mol. The molecule has 33 heavy (non-hydrogen) atoms. The van der Waals surface area contributed by atoms with Crippen molar-refractivity contribution < 1.29 is 14.0 Å². The van der Waals surface area contributed by atoms with Crippen molar-refractivity contribution in [1.82, 2.24) is 9.80 Å². The summed E-state index contributed by atoms with van der Waals surface area (Å²) in [7, 11) is 0. The molecule has 3 aliphatic rings. The number of halogens is 1. The first kappa shape index (κ1) is 21.2. The molecule has 0 spiro atoms. The van der Waals surface area contributed by atoms with Gasteiger partial charge >= 0.3 is 0 Å². The Hall–Kier alpha value is -3.67. The molecule has 5 rings (SSSR count). The van der Waals surface area contributed by atoms with Crippen LogP contribution in [0.3, 0.4) is 0 Å². The van der Waals surface area contributed by atoms with E-state index in [0.717, 1.165) is 25.0 Å². The SMILES string of the molecule is O=C(CN1C2=C(CCCC2=O)N2C=CC=CC(Cc3ccccc3)C21)Nc1ccccc1F. The molecule has 1 aliphatic carbocycles. The number of allylic oxidation sites excluding steroid dienone is 4. The van der Waals surface area contributed by atoms with E-state index >= 15 is 0 Å². The molecule has 2 aromatic rings. The van der Waals surface area contributed by atoms with Gasteiger partial charge in [0.1, 0.15) is 17.7 Å². The monoisotopic (exact) mass is 443 g/mol. The molecule has 2 heterocycles. The lowest BCUT2D eigenvalue weighted by molar-refractivity contribution is -0.120. The van der Waals surface area contributed by atoms with Gasteiger partial charge in [-0.3, -0.25) is 9.59 Å². The third-order valence-electron chi connectivity index (χ3n) is 6.43. The van der Waals surface area contributed by atoms with E-state index in [2.05, 4.69) is 28.4 Å². The first-order valence-electron chi connectivity index (χ1n) is 11.4. The zero-order valence-corrected chi connectivity index (χ0v) is 18.3. The summed E-state index contributed by atoms with van der Waals surface area (Å²) in [4.78, 5) is 30.1. The standard InChI is InChI=1S/C27H26FN3O2/c28-21-12-4-5-13-22(21)29-25(33)18-31-26-23(14-8-15-24(26)32)30-16-7-6-11-20(27(30)31)17-19-9-2-1-3-10-19/h1-7,9-13,16,20,27H,8,14-15,17-18H2,(H,29,33). The first-order chi connectivity index (χ1) is 16.1. The Kier molecular flexibility index (Phi) is 5.82. The highest BCUT2D eigenvalue weighted by atomic mass is 19.1. The van der Waals surface area contributed by atoms with Crippen LogP contribution in [-0.4, -0.2) is 34.2 Å². The molecule has 6 heteroatoms. The van der Waals surface area contributed by atoms with E-state index in [1.807, 2.05) is 41.5 Å². The van der Waals surface area contributed by atoms with Crippen molar-refractivity contribution in [2.45, 2.75) is 31.8 Å². The third kappa shape index (κ3) is 4.21. The molecule has 1 amide bonds. The Balaban J connectivity index is 1.47. The second kappa shape index (κ2) is 9.06. The molecule has 2 unspecified atom stereocenters. The van der Waals surface area contributed by atoms with Crippen molar-refractivity contribution in [3.63, 3.8) is 0 Å². The molecular formula is C27H26FN3O2. The molecule has 0 saturated heterocycles. The van der Waals surface area contributed by atoms with E-state index in [1.54, 1.807) is 12.1 Å². The van der Waals surface area contributed by atoms with Gasteiger partial charge in [-0.05, 0) is 43.0 Å². The number of Topliss-reactive ketones (excluding diaryl/α,β-unsaturated/α-hetero) is 1. The van der Waals surface area contributed by atoms with E-state index in [9.17, 15) is 14.0 Å². The van der Waals surface area contributed by atoms with Crippen molar-refractivity contribution in [2.75, 3.05) is 11.9 Å². The summed E-state index contributed by atoms with van der Waals surface area (Å²) in [5.41, 5.74) is 2.95. The Labute approximate surface area is 192 Å². The number of hydrogen-bond donors (Lipinski definition) is 1. The maximum Gasteiger partial charge on any atom is 0.244 e. The molecule has 0 radical (unpaired) electrons. The van der Waals surface area contributed by atoms with Crippen LogP contribution in [0.5, 0.6) is 0 Å². The van der Waals surface area contributed by atoms with Crippen LogP contribution in [0.25, 0.3) is 0 Å². The summed E-state index contributed by atoms with van der Waals surface area (Å²) in [5, 5.41) is 2.68. The van der Waals surface area contributed by atoms with Gasteiger partial charge in [0.05, 0.1) is 12.2 Å². The molecule has 168 valence electrons. The van der Waals surface area contributed by atoms with Gasteiger partial charge in [-0.25, -0.2) is 4.39 Å². The summed E-state index contributed by atoms with van der Waals surface area (Å²) >= 11 is 0. The van der Waals surface area contributed by atoms with Gasteiger partial charge < -0.3 is 15.1 Å². The van der Waals surface area contributed by atoms with Gasteiger partial charge in [-0.15, -0.1) is 0 Å². The number of rotatable bonds is 5. The number of benzene rings is 2. The summed E-state index contributed by atoms with van der Waals surface area (Å²) in [6.07, 6.45) is 10.9. The number of carbonyl (C=O) groups excluding carboxylic acids is 2. The Bertz CT molecular complexity index is 1150. The fourth-order valence-electron chi connectivity index (χ4n) is 5.04. The average molecular weight is 444 g/mol. The number of ketones is 1. The van der Waals surface area contributed by atoms with Crippen LogP contribution in [0.2, 0.25) is 0 Å². The maximum absolute atomic E-state index is 14.1. The van der Waals surface area contributed by atoms with Gasteiger partial charge in [-0.2, -0.15) is 0 Å². The first-order valence-corrected chi connectivity index (χ1v) is 11.4. The maximum atomic E-state index is 14.1. The Morgan fingerprint density at radius 2 is 1.82 bits per heavy atom. The number of para-hydroxylation sites is 1. The van der Waals surface area contributed by atoms with Gasteiger partial charge in [-0.1, -0.05) is 54.6 Å². The molecule has 5 nitrogen and oxygen atoms in total. The minimum atomic E-state index is -0.482. The largest absolute Gasteiger partial charge is 0.337 e. The number of nitrogens with zero attached hydrogens (tertiary/aromatic N) is 2. The lowest BCUT2D eigenvalue weighted by Crippen LogP contribution is -2.47. The summed E-state index contributed by atoms with van der Waals surface area (Å²) in [5.74, 6) is -0.700. The second-order valence-electron chi connectivity index (χ2n) is 8.63. The highest BCUT2D eigenvalue weighted by molar-refractivity contribution is 5.99. The molecule has 2 aliphatic heterocycles. The zero-order chi connectivity index (χ0) is 22.8. The zero-order valence-electron chi connectivity index (χ0n) is 18.3. The van der Waals surface area contributed by atoms with E-state index in [4.69, 9.17) is 0 Å². The van der Waals surface area contributed by atoms with Gasteiger partial charge in [0.2, 0.25) is 5.91 Å². The van der Waals surface area contributed by atoms with Crippen molar-refractivity contribution in [3.8, 4) is 0 Å². The minimum Gasteiger partial charge on any atom is -0.337 e. The Morgan fingerprint density at radius 3 is 2.64 bits per heavy atom. The molecule has 0 fully saturated rings. The number of fused-ring (bicyclic) bond motifs is 2. The molecule has 2 aromatic carbocycles. The molecule has 1 N–H and O–H groups in total. The summed E-state index contributed by atoms with van der Waals surface area (Å²) in [6.45, 7) is -0.0208. The smallest absolute Gasteiger partial charge is 0.244 e. The van der Waals surface area contributed by atoms with Crippen LogP contribution in [0.1, 0.15) is 24.8 Å². The van der Waals surface area contributed by atoms with Crippen molar-refractivity contribution in [3.05, 3.63) is 102 Å². The van der Waals surface area contributed by atoms with Crippen LogP contribution < -0.4 is 5.32 Å². The molecule has 2 atom stereocenters. The van der Waals surface area contributed by atoms with E-state index in [1.165, 1.54) is 17.7 Å². The molecule has 0 saturated carbocycles. The van der Waals surface area contributed by atoms with Crippen molar-refractivity contribution in [2.24, 2.45) is 5.92 Å². The molecule has 0 bridgehead atoms. The van der Waals surface area contributed by atoms with E-state index in [-0.39, 0.29) is 36.0 Å². The molecule has 0 aromatic heterocycles. The highest BCUT2D eigenvalue weighted by Crippen LogP contribution is 2.41. The van der Waals surface area contributed by atoms with Crippen LogP contribution in [0, 0.1) is 11.7 Å². The van der Waals surface area contributed by atoms with Crippen molar-refractivity contribution in [1.29, 1.82) is 0 Å². The number of anilines is 1. The van der Waals surface area contributed by atoms with Gasteiger partial charge in [0.25, 0.3) is 0 Å². The van der Waals surface area contributed by atoms with Crippen LogP contribution in [-0.2, 0) is 16.0 Å². The van der Waals surface area contributed by atoms with Crippen LogP contribution in [0.4, 0.5) is 10.1 Å². The fourth-order valence-corrected chi connectivity index (χ4v) is 5.04. The second-order valence-corrected chi connectivity index (χ2v) is 8.63. The highest BCUT2D eigenvalue weighted by Gasteiger charge is 2.45. The van der Waals surface area contributed by atoms with Crippen LogP contribution >= 0.6 is 0 Å². The lowest BCUT2D eigenvalue weighted by Gasteiger charge is -2.36.